The van der Waals surface area contributed by atoms with Gasteiger partial charge in [0.2, 0.25) is 0 Å². The topological polar surface area (TPSA) is 40.2 Å². The zero-order valence-electron chi connectivity index (χ0n) is 10.7. The molecule has 1 atom stereocenters. The summed E-state index contributed by atoms with van der Waals surface area (Å²) >= 11 is 0. The summed E-state index contributed by atoms with van der Waals surface area (Å²) in [4.78, 5) is 0. The zero-order chi connectivity index (χ0) is 12.4. The van der Waals surface area contributed by atoms with Crippen molar-refractivity contribution in [2.75, 3.05) is 7.11 Å². The molecule has 0 radical (unpaired) electrons. The first-order chi connectivity index (χ1) is 8.15. The molecule has 0 saturated carbocycles. The molecule has 0 aliphatic rings. The molecule has 2 N–H and O–H groups in total. The van der Waals surface area contributed by atoms with Crippen LogP contribution in [0.1, 0.15) is 19.0 Å². The largest absolute Gasteiger partial charge is 0.497 e. The summed E-state index contributed by atoms with van der Waals surface area (Å²) in [6, 6.07) is 8.59. The lowest BCUT2D eigenvalue weighted by Gasteiger charge is -2.09. The van der Waals surface area contributed by atoms with Gasteiger partial charge in [0.1, 0.15) is 5.75 Å². The van der Waals surface area contributed by atoms with E-state index in [9.17, 15) is 0 Å². The Morgan fingerprint density at radius 1 is 1.35 bits per heavy atom. The van der Waals surface area contributed by atoms with Crippen molar-refractivity contribution in [1.82, 2.24) is 4.57 Å². The van der Waals surface area contributed by atoms with Crippen molar-refractivity contribution in [1.29, 1.82) is 0 Å². The maximum atomic E-state index is 6.01. The molecule has 0 fully saturated rings. The molecule has 92 valence electrons. The summed E-state index contributed by atoms with van der Waals surface area (Å²) in [5, 5.41) is 1.21. The minimum atomic E-state index is 0.236. The third-order valence-electron chi connectivity index (χ3n) is 3.34. The van der Waals surface area contributed by atoms with Crippen LogP contribution in [0.25, 0.3) is 10.9 Å². The number of benzene rings is 1. The van der Waals surface area contributed by atoms with Gasteiger partial charge in [0.25, 0.3) is 0 Å². The highest BCUT2D eigenvalue weighted by Gasteiger charge is 2.09. The predicted octanol–water partition coefficient (Wildman–Crippen LogP) is 2.47. The fourth-order valence-electron chi connectivity index (χ4n) is 2.12. The summed E-state index contributed by atoms with van der Waals surface area (Å²) in [6.07, 6.45) is 1.93. The van der Waals surface area contributed by atoms with Crippen molar-refractivity contribution in [3.05, 3.63) is 30.0 Å². The molecule has 2 aromatic rings. The Hall–Kier alpha value is -1.48. The minimum Gasteiger partial charge on any atom is -0.497 e. The lowest BCUT2D eigenvalue weighted by atomic mass is 10.1. The van der Waals surface area contributed by atoms with Crippen molar-refractivity contribution >= 4 is 10.9 Å². The van der Waals surface area contributed by atoms with Gasteiger partial charge in [-0.25, -0.2) is 0 Å². The summed E-state index contributed by atoms with van der Waals surface area (Å²) in [5.74, 6) is 0.898. The van der Waals surface area contributed by atoms with Crippen LogP contribution < -0.4 is 10.5 Å². The summed E-state index contributed by atoms with van der Waals surface area (Å²) in [7, 11) is 3.78. The average Bonchev–Trinajstić information content (AvgIpc) is 2.65. The van der Waals surface area contributed by atoms with E-state index in [0.29, 0.717) is 0 Å². The van der Waals surface area contributed by atoms with Crippen molar-refractivity contribution in [3.63, 3.8) is 0 Å². The molecule has 2 rings (SSSR count). The highest BCUT2D eigenvalue weighted by atomic mass is 16.5. The first kappa shape index (κ1) is 12.0. The Balaban J connectivity index is 2.41. The van der Waals surface area contributed by atoms with Gasteiger partial charge in [-0.15, -0.1) is 0 Å². The highest BCUT2D eigenvalue weighted by Crippen LogP contribution is 2.24. The smallest absolute Gasteiger partial charge is 0.119 e. The fourth-order valence-corrected chi connectivity index (χ4v) is 2.12. The molecule has 17 heavy (non-hydrogen) atoms. The molecule has 0 aliphatic carbocycles. The number of hydrogen-bond donors (Lipinski definition) is 1. The molecule has 3 heteroatoms. The number of hydrogen-bond acceptors (Lipinski definition) is 2. The number of nitrogens with zero attached hydrogens (tertiary/aromatic N) is 1. The SMILES string of the molecule is CCC(N)Cc1cc2cc(OC)ccc2n1C. The Bertz CT molecular complexity index is 516. The molecular weight excluding hydrogens is 212 g/mol. The van der Waals surface area contributed by atoms with Crippen LogP contribution in [0.2, 0.25) is 0 Å². The number of aryl methyl sites for hydroxylation is 1. The van der Waals surface area contributed by atoms with E-state index in [0.717, 1.165) is 18.6 Å². The second-order valence-corrected chi connectivity index (χ2v) is 4.49. The predicted molar refractivity (Wildman–Crippen MR) is 71.4 cm³/mol. The van der Waals surface area contributed by atoms with Gasteiger partial charge < -0.3 is 15.0 Å². The number of nitrogens with two attached hydrogens (primary N) is 1. The van der Waals surface area contributed by atoms with E-state index in [1.807, 2.05) is 6.07 Å². The van der Waals surface area contributed by atoms with Crippen LogP contribution in [-0.4, -0.2) is 17.7 Å². The van der Waals surface area contributed by atoms with E-state index in [2.05, 4.69) is 36.7 Å². The molecule has 1 aromatic carbocycles. The minimum absolute atomic E-state index is 0.236. The first-order valence-corrected chi connectivity index (χ1v) is 6.03. The van der Waals surface area contributed by atoms with E-state index in [1.54, 1.807) is 7.11 Å². The molecular formula is C14H20N2O. The monoisotopic (exact) mass is 232 g/mol. The van der Waals surface area contributed by atoms with Gasteiger partial charge in [-0.05, 0) is 30.7 Å². The van der Waals surface area contributed by atoms with Crippen LogP contribution in [0.4, 0.5) is 0 Å². The van der Waals surface area contributed by atoms with E-state index in [4.69, 9.17) is 10.5 Å². The van der Waals surface area contributed by atoms with E-state index < -0.39 is 0 Å². The van der Waals surface area contributed by atoms with Gasteiger partial charge in [0, 0.05) is 36.1 Å². The summed E-state index contributed by atoms with van der Waals surface area (Å²) in [5.41, 5.74) is 8.52. The number of methoxy groups -OCH3 is 1. The van der Waals surface area contributed by atoms with E-state index in [1.165, 1.54) is 16.6 Å². The molecule has 3 nitrogen and oxygen atoms in total. The van der Waals surface area contributed by atoms with Gasteiger partial charge in [-0.3, -0.25) is 0 Å². The van der Waals surface area contributed by atoms with Gasteiger partial charge in [0.15, 0.2) is 0 Å². The third-order valence-corrected chi connectivity index (χ3v) is 3.34. The van der Waals surface area contributed by atoms with Gasteiger partial charge in [-0.1, -0.05) is 6.92 Å². The Labute approximate surface area is 102 Å². The number of rotatable bonds is 4. The molecule has 1 unspecified atom stereocenters. The fraction of sp³-hybridized carbons (Fsp3) is 0.429. The lowest BCUT2D eigenvalue weighted by molar-refractivity contribution is 0.415. The van der Waals surface area contributed by atoms with E-state index in [-0.39, 0.29) is 6.04 Å². The van der Waals surface area contributed by atoms with Crippen LogP contribution in [-0.2, 0) is 13.5 Å². The Morgan fingerprint density at radius 2 is 2.12 bits per heavy atom. The molecule has 0 saturated heterocycles. The number of aromatic nitrogens is 1. The Kier molecular flexibility index (Phi) is 3.38. The summed E-state index contributed by atoms with van der Waals surface area (Å²) < 4.78 is 7.45. The van der Waals surface area contributed by atoms with Crippen molar-refractivity contribution in [2.24, 2.45) is 12.8 Å². The third kappa shape index (κ3) is 2.29. The van der Waals surface area contributed by atoms with Gasteiger partial charge in [0.05, 0.1) is 7.11 Å². The van der Waals surface area contributed by atoms with E-state index >= 15 is 0 Å². The maximum Gasteiger partial charge on any atom is 0.119 e. The number of ether oxygens (including phenoxy) is 1. The second kappa shape index (κ2) is 4.80. The molecule has 0 spiro atoms. The highest BCUT2D eigenvalue weighted by molar-refractivity contribution is 5.82. The normalized spacial score (nSPS) is 12.9. The van der Waals surface area contributed by atoms with Crippen LogP contribution in [0.5, 0.6) is 5.75 Å². The molecule has 1 aromatic heterocycles. The molecule has 0 aliphatic heterocycles. The molecule has 1 heterocycles. The van der Waals surface area contributed by atoms with Crippen LogP contribution >= 0.6 is 0 Å². The Morgan fingerprint density at radius 3 is 2.76 bits per heavy atom. The van der Waals surface area contributed by atoms with Crippen LogP contribution in [0.15, 0.2) is 24.3 Å². The average molecular weight is 232 g/mol. The van der Waals surface area contributed by atoms with Gasteiger partial charge in [-0.2, -0.15) is 0 Å². The molecule has 0 amide bonds. The van der Waals surface area contributed by atoms with Gasteiger partial charge >= 0.3 is 0 Å². The maximum absolute atomic E-state index is 6.01. The lowest BCUT2D eigenvalue weighted by Crippen LogP contribution is -2.22. The summed E-state index contributed by atoms with van der Waals surface area (Å²) in [6.45, 7) is 2.12. The standard InChI is InChI=1S/C14H20N2O/c1-4-11(15)9-12-7-10-8-13(17-3)5-6-14(10)16(12)2/h5-8,11H,4,9,15H2,1-3H3. The van der Waals surface area contributed by atoms with Crippen molar-refractivity contribution < 1.29 is 4.74 Å². The van der Waals surface area contributed by atoms with Crippen LogP contribution in [0.3, 0.4) is 0 Å². The van der Waals surface area contributed by atoms with Crippen molar-refractivity contribution in [3.8, 4) is 5.75 Å². The first-order valence-electron chi connectivity index (χ1n) is 6.03. The second-order valence-electron chi connectivity index (χ2n) is 4.49. The zero-order valence-corrected chi connectivity index (χ0v) is 10.7. The molecule has 0 bridgehead atoms. The number of fused-ring (bicyclic) bond motifs is 1. The van der Waals surface area contributed by atoms with Crippen LogP contribution in [0, 0.1) is 0 Å². The van der Waals surface area contributed by atoms with Crippen molar-refractivity contribution in [2.45, 2.75) is 25.8 Å². The quantitative estimate of drug-likeness (QED) is 0.879.